The van der Waals surface area contributed by atoms with Crippen LogP contribution in [-0.2, 0) is 19.1 Å². The van der Waals surface area contributed by atoms with Crippen LogP contribution in [0.3, 0.4) is 0 Å². The van der Waals surface area contributed by atoms with Crippen LogP contribution in [0, 0.1) is 34.5 Å². The molecule has 6 rings (SSSR count). The first kappa shape index (κ1) is 24.1. The van der Waals surface area contributed by atoms with Gasteiger partial charge in [-0.2, -0.15) is 0 Å². The van der Waals surface area contributed by atoms with Crippen LogP contribution in [0.2, 0.25) is 0 Å². The molecule has 35 heavy (non-hydrogen) atoms. The highest BCUT2D eigenvalue weighted by Gasteiger charge is 2.79. The van der Waals surface area contributed by atoms with E-state index in [4.69, 9.17) is 9.47 Å². The number of aliphatic hydroxyl groups is 3. The van der Waals surface area contributed by atoms with Gasteiger partial charge in [0.2, 0.25) is 0 Å². The maximum absolute atomic E-state index is 13.4. The van der Waals surface area contributed by atoms with Crippen molar-refractivity contribution in [3.63, 3.8) is 0 Å². The largest absolute Gasteiger partial charge is 0.456 e. The van der Waals surface area contributed by atoms with E-state index in [9.17, 15) is 24.9 Å². The Morgan fingerprint density at radius 1 is 1.06 bits per heavy atom. The number of rotatable bonds is 2. The van der Waals surface area contributed by atoms with Gasteiger partial charge in [0.15, 0.2) is 0 Å². The molecule has 4 saturated carbocycles. The topological polar surface area (TPSA) is 117 Å². The summed E-state index contributed by atoms with van der Waals surface area (Å²) in [5.41, 5.74) is -1.97. The second-order valence-electron chi connectivity index (χ2n) is 13.3. The molecule has 2 aliphatic heterocycles. The van der Waals surface area contributed by atoms with Crippen LogP contribution in [0.5, 0.6) is 0 Å². The van der Waals surface area contributed by atoms with E-state index in [2.05, 4.69) is 6.92 Å². The van der Waals surface area contributed by atoms with Gasteiger partial charge in [-0.25, -0.2) is 4.79 Å². The van der Waals surface area contributed by atoms with Crippen molar-refractivity contribution < 1.29 is 34.4 Å². The third-order valence-corrected chi connectivity index (χ3v) is 11.9. The Morgan fingerprint density at radius 2 is 1.77 bits per heavy atom. The fourth-order valence-electron chi connectivity index (χ4n) is 9.75. The summed E-state index contributed by atoms with van der Waals surface area (Å²) in [6, 6.07) is 0. The summed E-state index contributed by atoms with van der Waals surface area (Å²) >= 11 is 0. The van der Waals surface area contributed by atoms with Crippen LogP contribution in [0.4, 0.5) is 0 Å². The van der Waals surface area contributed by atoms with Gasteiger partial charge in [0.1, 0.15) is 29.2 Å². The third-order valence-electron chi connectivity index (χ3n) is 11.9. The molecule has 0 amide bonds. The standard InChI is InChI=1S/C28H40O7/c1-13-10-20(34-24(31)14(13)2)27(5,32)18-7-6-16-21-17(8-9-25(16,18)3)26(4)19(30)11-15(29)12-28(26,33)23-22(21)35-23/h15-18,20-23,29,32-33H,6-12H2,1-5H3. The first-order valence-electron chi connectivity index (χ1n) is 13.5. The molecule has 194 valence electrons. The summed E-state index contributed by atoms with van der Waals surface area (Å²) in [5, 5.41) is 34.0. The van der Waals surface area contributed by atoms with Crippen LogP contribution in [0.1, 0.15) is 79.6 Å². The van der Waals surface area contributed by atoms with Crippen molar-refractivity contribution in [2.75, 3.05) is 0 Å². The number of hydrogen-bond acceptors (Lipinski definition) is 7. The molecule has 6 aliphatic rings. The Kier molecular flexibility index (Phi) is 4.94. The molecular formula is C28H40O7. The summed E-state index contributed by atoms with van der Waals surface area (Å²) in [4.78, 5) is 25.9. The van der Waals surface area contributed by atoms with Gasteiger partial charge in [-0.15, -0.1) is 0 Å². The Hall–Kier alpha value is -1.28. The van der Waals surface area contributed by atoms with E-state index in [-0.39, 0.29) is 59.8 Å². The number of carbonyl (C=O) groups is 2. The number of fused-ring (bicyclic) bond motifs is 8. The minimum Gasteiger partial charge on any atom is -0.456 e. The number of Topliss-reactive ketones (excluding diaryl/α,β-unsaturated/α-hetero) is 1. The van der Waals surface area contributed by atoms with Gasteiger partial charge >= 0.3 is 5.97 Å². The summed E-state index contributed by atoms with van der Waals surface area (Å²) in [6.07, 6.45) is 2.30. The van der Waals surface area contributed by atoms with Crippen LogP contribution in [0.25, 0.3) is 0 Å². The van der Waals surface area contributed by atoms with Crippen molar-refractivity contribution in [3.05, 3.63) is 11.1 Å². The number of esters is 1. The molecule has 4 aliphatic carbocycles. The average Bonchev–Trinajstić information content (AvgIpc) is 3.49. The molecule has 0 radical (unpaired) electrons. The Balaban J connectivity index is 1.32. The summed E-state index contributed by atoms with van der Waals surface area (Å²) in [7, 11) is 0. The number of aliphatic hydroxyl groups excluding tert-OH is 1. The molecule has 12 unspecified atom stereocenters. The number of cyclic esters (lactones) is 1. The van der Waals surface area contributed by atoms with Crippen LogP contribution < -0.4 is 0 Å². The maximum atomic E-state index is 13.4. The summed E-state index contributed by atoms with van der Waals surface area (Å²) < 4.78 is 11.9. The van der Waals surface area contributed by atoms with E-state index in [1.165, 1.54) is 0 Å². The van der Waals surface area contributed by atoms with Crippen molar-refractivity contribution in [1.29, 1.82) is 0 Å². The van der Waals surface area contributed by atoms with E-state index in [0.717, 1.165) is 31.3 Å². The van der Waals surface area contributed by atoms with E-state index in [0.29, 0.717) is 12.0 Å². The van der Waals surface area contributed by atoms with Crippen LogP contribution in [-0.4, -0.2) is 62.7 Å². The van der Waals surface area contributed by atoms with Gasteiger partial charge in [0, 0.05) is 24.8 Å². The molecule has 0 aromatic heterocycles. The molecule has 1 saturated heterocycles. The molecule has 0 aromatic carbocycles. The van der Waals surface area contributed by atoms with Crippen molar-refractivity contribution in [2.24, 2.45) is 34.5 Å². The fourth-order valence-corrected chi connectivity index (χ4v) is 9.75. The van der Waals surface area contributed by atoms with Gasteiger partial charge in [-0.05, 0) is 82.5 Å². The zero-order valence-electron chi connectivity index (χ0n) is 21.5. The van der Waals surface area contributed by atoms with Gasteiger partial charge in [0.05, 0.1) is 17.6 Å². The lowest BCUT2D eigenvalue weighted by molar-refractivity contribution is -0.211. The molecule has 7 heteroatoms. The number of ketones is 1. The lowest BCUT2D eigenvalue weighted by Crippen LogP contribution is -2.70. The van der Waals surface area contributed by atoms with Gasteiger partial charge in [0.25, 0.3) is 0 Å². The predicted molar refractivity (Wildman–Crippen MR) is 126 cm³/mol. The van der Waals surface area contributed by atoms with Gasteiger partial charge in [-0.3, -0.25) is 4.79 Å². The second kappa shape index (κ2) is 7.18. The molecule has 2 heterocycles. The Bertz CT molecular complexity index is 1020. The first-order chi connectivity index (χ1) is 16.3. The van der Waals surface area contributed by atoms with E-state index < -0.39 is 34.9 Å². The molecule has 7 nitrogen and oxygen atoms in total. The molecule has 0 spiro atoms. The first-order valence-corrected chi connectivity index (χ1v) is 13.5. The minimum atomic E-state index is -1.32. The molecule has 5 fully saturated rings. The predicted octanol–water partition coefficient (Wildman–Crippen LogP) is 2.69. The highest BCUT2D eigenvalue weighted by Crippen LogP contribution is 2.72. The Labute approximate surface area is 207 Å². The third kappa shape index (κ3) is 2.87. The zero-order valence-corrected chi connectivity index (χ0v) is 21.5. The van der Waals surface area contributed by atoms with Crippen LogP contribution in [0.15, 0.2) is 11.1 Å². The minimum absolute atomic E-state index is 0.00152. The summed E-state index contributed by atoms with van der Waals surface area (Å²) in [6.45, 7) is 9.74. The fraction of sp³-hybridized carbons (Fsp3) is 0.857. The summed E-state index contributed by atoms with van der Waals surface area (Å²) in [5.74, 6) is -0.0278. The number of ether oxygens (including phenoxy) is 2. The maximum Gasteiger partial charge on any atom is 0.334 e. The van der Waals surface area contributed by atoms with Crippen LogP contribution >= 0.6 is 0 Å². The molecule has 0 aromatic rings. The SMILES string of the molecule is CC1=C(C)C(=O)OC(C(C)(O)C2CCC3C4C5OC5C5(O)CC(O)CC(=O)C5(C)C4CCC32C)C1. The number of hydrogen-bond donors (Lipinski definition) is 3. The van der Waals surface area contributed by atoms with E-state index in [1.54, 1.807) is 6.92 Å². The molecule has 3 N–H and O–H groups in total. The number of epoxide rings is 1. The van der Waals surface area contributed by atoms with Crippen molar-refractivity contribution >= 4 is 11.8 Å². The van der Waals surface area contributed by atoms with Crippen molar-refractivity contribution in [2.45, 2.75) is 115 Å². The number of carbonyl (C=O) groups excluding carboxylic acids is 2. The highest BCUT2D eigenvalue weighted by molar-refractivity contribution is 5.89. The van der Waals surface area contributed by atoms with Gasteiger partial charge in [-0.1, -0.05) is 12.5 Å². The smallest absolute Gasteiger partial charge is 0.334 e. The lowest BCUT2D eigenvalue weighted by Gasteiger charge is -2.61. The van der Waals surface area contributed by atoms with E-state index in [1.807, 2.05) is 20.8 Å². The monoisotopic (exact) mass is 488 g/mol. The molecule has 12 atom stereocenters. The van der Waals surface area contributed by atoms with E-state index >= 15 is 0 Å². The normalized spacial score (nSPS) is 54.7. The second-order valence-corrected chi connectivity index (χ2v) is 13.3. The lowest BCUT2D eigenvalue weighted by atomic mass is 9.42. The van der Waals surface area contributed by atoms with Crippen molar-refractivity contribution in [1.82, 2.24) is 0 Å². The average molecular weight is 489 g/mol. The van der Waals surface area contributed by atoms with Crippen molar-refractivity contribution in [3.8, 4) is 0 Å². The zero-order chi connectivity index (χ0) is 25.3. The molecular weight excluding hydrogens is 448 g/mol. The highest BCUT2D eigenvalue weighted by atomic mass is 16.6. The quantitative estimate of drug-likeness (QED) is 0.404. The van der Waals surface area contributed by atoms with Gasteiger partial charge < -0.3 is 24.8 Å². The Morgan fingerprint density at radius 3 is 2.46 bits per heavy atom. The molecule has 0 bridgehead atoms.